The standard InChI is InChI=1S/C25H27FN6O2S/c1-34-22-13-6-5-12-21(22)32-24(30-15-7-2-8-16-30)28-29-25(32)35-18-23(33)31(17-9-14-27)20-11-4-3-10-19(20)26/h3-6,10-13H,2,7-9,15-18H2,1H3. The quantitative estimate of drug-likeness (QED) is 0.406. The summed E-state index contributed by atoms with van der Waals surface area (Å²) in [5, 5.41) is 18.5. The first kappa shape index (κ1) is 24.5. The van der Waals surface area contributed by atoms with Crippen molar-refractivity contribution in [1.29, 1.82) is 5.26 Å². The molecule has 0 atom stereocenters. The van der Waals surface area contributed by atoms with Crippen LogP contribution in [0.3, 0.4) is 0 Å². The van der Waals surface area contributed by atoms with E-state index < -0.39 is 5.82 Å². The van der Waals surface area contributed by atoms with E-state index >= 15 is 0 Å². The summed E-state index contributed by atoms with van der Waals surface area (Å²) in [4.78, 5) is 16.7. The number of nitrogens with zero attached hydrogens (tertiary/aromatic N) is 6. The van der Waals surface area contributed by atoms with Crippen LogP contribution >= 0.6 is 11.8 Å². The highest BCUT2D eigenvalue weighted by Gasteiger charge is 2.25. The van der Waals surface area contributed by atoms with Crippen LogP contribution in [0.4, 0.5) is 16.0 Å². The van der Waals surface area contributed by atoms with E-state index in [1.807, 2.05) is 34.9 Å². The smallest absolute Gasteiger partial charge is 0.237 e. The van der Waals surface area contributed by atoms with E-state index in [-0.39, 0.29) is 30.3 Å². The Morgan fingerprint density at radius 1 is 1.14 bits per heavy atom. The number of benzene rings is 2. The first-order chi connectivity index (χ1) is 17.1. The normalized spacial score (nSPS) is 13.3. The number of methoxy groups -OCH3 is 1. The Kier molecular flexibility index (Phi) is 8.21. The lowest BCUT2D eigenvalue weighted by Crippen LogP contribution is -2.34. The lowest BCUT2D eigenvalue weighted by atomic mass is 10.1. The minimum Gasteiger partial charge on any atom is -0.495 e. The van der Waals surface area contributed by atoms with Crippen molar-refractivity contribution in [2.75, 3.05) is 42.3 Å². The monoisotopic (exact) mass is 494 g/mol. The Labute approximate surface area is 208 Å². The fourth-order valence-electron chi connectivity index (χ4n) is 4.10. The number of amides is 1. The first-order valence-electron chi connectivity index (χ1n) is 11.5. The number of para-hydroxylation sites is 3. The summed E-state index contributed by atoms with van der Waals surface area (Å²) >= 11 is 1.23. The summed E-state index contributed by atoms with van der Waals surface area (Å²) in [6, 6.07) is 15.7. The Hall–Kier alpha value is -3.58. The Bertz CT molecular complexity index is 1200. The van der Waals surface area contributed by atoms with E-state index in [1.165, 1.54) is 29.1 Å². The third kappa shape index (κ3) is 5.57. The van der Waals surface area contributed by atoms with Gasteiger partial charge in [0, 0.05) is 19.6 Å². The zero-order chi connectivity index (χ0) is 24.6. The van der Waals surface area contributed by atoms with Gasteiger partial charge in [-0.15, -0.1) is 10.2 Å². The molecule has 182 valence electrons. The average molecular weight is 495 g/mol. The number of piperidine rings is 1. The molecule has 1 saturated heterocycles. The summed E-state index contributed by atoms with van der Waals surface area (Å²) < 4.78 is 22.0. The number of rotatable bonds is 9. The predicted molar refractivity (Wildman–Crippen MR) is 134 cm³/mol. The number of hydrogen-bond donors (Lipinski definition) is 0. The SMILES string of the molecule is COc1ccccc1-n1c(SCC(=O)N(CCC#N)c2ccccc2F)nnc1N1CCCCC1. The van der Waals surface area contributed by atoms with E-state index in [2.05, 4.69) is 15.1 Å². The molecule has 1 aliphatic heterocycles. The summed E-state index contributed by atoms with van der Waals surface area (Å²) in [7, 11) is 1.61. The molecule has 35 heavy (non-hydrogen) atoms. The first-order valence-corrected chi connectivity index (χ1v) is 12.5. The molecular formula is C25H27FN6O2S. The molecule has 4 rings (SSSR count). The zero-order valence-corrected chi connectivity index (χ0v) is 20.4. The molecule has 2 heterocycles. The molecule has 2 aromatic carbocycles. The van der Waals surface area contributed by atoms with E-state index in [0.29, 0.717) is 16.9 Å². The second-order valence-electron chi connectivity index (χ2n) is 8.03. The van der Waals surface area contributed by atoms with Gasteiger partial charge in [0.05, 0.1) is 36.7 Å². The summed E-state index contributed by atoms with van der Waals surface area (Å²) in [5.74, 6) is 0.561. The molecule has 0 spiro atoms. The molecule has 1 aliphatic rings. The number of halogens is 1. The maximum absolute atomic E-state index is 14.4. The van der Waals surface area contributed by atoms with Crippen LogP contribution in [0.15, 0.2) is 53.7 Å². The van der Waals surface area contributed by atoms with Crippen LogP contribution in [-0.4, -0.2) is 53.2 Å². The highest BCUT2D eigenvalue weighted by atomic mass is 32.2. The Balaban J connectivity index is 1.63. The minimum atomic E-state index is -0.506. The minimum absolute atomic E-state index is 0.00699. The van der Waals surface area contributed by atoms with Crippen LogP contribution in [0, 0.1) is 17.1 Å². The third-order valence-electron chi connectivity index (χ3n) is 5.80. The van der Waals surface area contributed by atoms with Crippen LogP contribution in [0.5, 0.6) is 5.75 Å². The number of hydrogen-bond acceptors (Lipinski definition) is 7. The van der Waals surface area contributed by atoms with Gasteiger partial charge in [0.25, 0.3) is 0 Å². The lowest BCUT2D eigenvalue weighted by molar-refractivity contribution is -0.116. The predicted octanol–water partition coefficient (Wildman–Crippen LogP) is 4.44. The van der Waals surface area contributed by atoms with E-state index in [9.17, 15) is 9.18 Å². The van der Waals surface area contributed by atoms with Gasteiger partial charge in [-0.1, -0.05) is 36.0 Å². The second kappa shape index (κ2) is 11.7. The third-order valence-corrected chi connectivity index (χ3v) is 6.71. The second-order valence-corrected chi connectivity index (χ2v) is 8.97. The van der Waals surface area contributed by atoms with Gasteiger partial charge >= 0.3 is 0 Å². The molecule has 3 aromatic rings. The highest BCUT2D eigenvalue weighted by Crippen LogP contribution is 2.33. The summed E-state index contributed by atoms with van der Waals surface area (Å²) in [5.41, 5.74) is 0.944. The number of anilines is 2. The fraction of sp³-hybridized carbons (Fsp3) is 0.360. The van der Waals surface area contributed by atoms with Gasteiger partial charge in [-0.3, -0.25) is 9.36 Å². The van der Waals surface area contributed by atoms with Crippen molar-refractivity contribution >= 4 is 29.3 Å². The molecule has 10 heteroatoms. The van der Waals surface area contributed by atoms with Crippen molar-refractivity contribution in [3.63, 3.8) is 0 Å². The van der Waals surface area contributed by atoms with E-state index in [4.69, 9.17) is 10.00 Å². The molecule has 0 saturated carbocycles. The molecule has 0 aliphatic carbocycles. The number of ether oxygens (including phenoxy) is 1. The van der Waals surface area contributed by atoms with Gasteiger partial charge in [0.1, 0.15) is 11.6 Å². The zero-order valence-electron chi connectivity index (χ0n) is 19.6. The molecule has 8 nitrogen and oxygen atoms in total. The van der Waals surface area contributed by atoms with Crippen molar-refractivity contribution in [3.8, 4) is 17.5 Å². The van der Waals surface area contributed by atoms with Crippen LogP contribution in [-0.2, 0) is 4.79 Å². The maximum Gasteiger partial charge on any atom is 0.237 e. The van der Waals surface area contributed by atoms with Crippen LogP contribution in [0.1, 0.15) is 25.7 Å². The molecular weight excluding hydrogens is 467 g/mol. The van der Waals surface area contributed by atoms with Crippen LogP contribution in [0.25, 0.3) is 5.69 Å². The Morgan fingerprint density at radius 2 is 1.89 bits per heavy atom. The van der Waals surface area contributed by atoms with Gasteiger partial charge in [-0.2, -0.15) is 5.26 Å². The number of nitriles is 1. The van der Waals surface area contributed by atoms with Crippen molar-refractivity contribution in [3.05, 3.63) is 54.3 Å². The van der Waals surface area contributed by atoms with Crippen LogP contribution < -0.4 is 14.5 Å². The number of carbonyl (C=O) groups excluding carboxylic acids is 1. The van der Waals surface area contributed by atoms with Crippen LogP contribution in [0.2, 0.25) is 0 Å². The van der Waals surface area contributed by atoms with Crippen molar-refractivity contribution < 1.29 is 13.9 Å². The van der Waals surface area contributed by atoms with Gasteiger partial charge in [0.2, 0.25) is 11.9 Å². The number of thioether (sulfide) groups is 1. The molecule has 0 N–H and O–H groups in total. The number of aromatic nitrogens is 3. The average Bonchev–Trinajstić information content (AvgIpc) is 3.32. The summed E-state index contributed by atoms with van der Waals surface area (Å²) in [6.45, 7) is 1.87. The van der Waals surface area contributed by atoms with Crippen molar-refractivity contribution in [2.24, 2.45) is 0 Å². The van der Waals surface area contributed by atoms with E-state index in [1.54, 1.807) is 25.3 Å². The van der Waals surface area contributed by atoms with Crippen molar-refractivity contribution in [2.45, 2.75) is 30.8 Å². The highest BCUT2D eigenvalue weighted by molar-refractivity contribution is 7.99. The van der Waals surface area contributed by atoms with Gasteiger partial charge in [0.15, 0.2) is 5.16 Å². The van der Waals surface area contributed by atoms with E-state index in [0.717, 1.165) is 31.6 Å². The maximum atomic E-state index is 14.4. The molecule has 0 radical (unpaired) electrons. The largest absolute Gasteiger partial charge is 0.495 e. The molecule has 1 amide bonds. The topological polar surface area (TPSA) is 87.3 Å². The van der Waals surface area contributed by atoms with Gasteiger partial charge in [-0.05, 0) is 43.5 Å². The lowest BCUT2D eigenvalue weighted by Gasteiger charge is -2.28. The summed E-state index contributed by atoms with van der Waals surface area (Å²) in [6.07, 6.45) is 3.44. The molecule has 1 aromatic heterocycles. The molecule has 0 bridgehead atoms. The Morgan fingerprint density at radius 3 is 2.63 bits per heavy atom. The molecule has 0 unspecified atom stereocenters. The molecule has 1 fully saturated rings. The van der Waals surface area contributed by atoms with Gasteiger partial charge < -0.3 is 14.5 Å². The van der Waals surface area contributed by atoms with Gasteiger partial charge in [-0.25, -0.2) is 4.39 Å². The fourth-order valence-corrected chi connectivity index (χ4v) is 4.91. The number of carbonyl (C=O) groups is 1. The van der Waals surface area contributed by atoms with Crippen molar-refractivity contribution in [1.82, 2.24) is 14.8 Å².